The molecule has 0 aliphatic rings. The maximum atomic E-state index is 13.7. The SMILES string of the molecule is Cc1ccc(-c2n[nH]c(=S)n2-c2ccccc2)cc1F. The summed E-state index contributed by atoms with van der Waals surface area (Å²) in [5, 5.41) is 6.97. The molecule has 0 atom stereocenters. The minimum Gasteiger partial charge on any atom is -0.268 e. The van der Waals surface area contributed by atoms with Crippen LogP contribution in [0.15, 0.2) is 48.5 Å². The molecule has 2 aromatic carbocycles. The Morgan fingerprint density at radius 3 is 2.60 bits per heavy atom. The first kappa shape index (κ1) is 12.7. The van der Waals surface area contributed by atoms with Gasteiger partial charge >= 0.3 is 0 Å². The fourth-order valence-corrected chi connectivity index (χ4v) is 2.28. The number of para-hydroxylation sites is 1. The molecule has 0 saturated carbocycles. The lowest BCUT2D eigenvalue weighted by atomic mass is 10.1. The Morgan fingerprint density at radius 1 is 1.15 bits per heavy atom. The molecular weight excluding hydrogens is 273 g/mol. The summed E-state index contributed by atoms with van der Waals surface area (Å²) in [6.45, 7) is 1.73. The molecule has 3 aromatic rings. The highest BCUT2D eigenvalue weighted by atomic mass is 32.1. The Balaban J connectivity index is 2.21. The minimum absolute atomic E-state index is 0.254. The number of aromatic nitrogens is 3. The third kappa shape index (κ3) is 2.16. The molecule has 0 fully saturated rings. The summed E-state index contributed by atoms with van der Waals surface area (Å²) in [5.41, 5.74) is 2.18. The monoisotopic (exact) mass is 285 g/mol. The maximum absolute atomic E-state index is 13.7. The van der Waals surface area contributed by atoms with Gasteiger partial charge < -0.3 is 0 Å². The van der Waals surface area contributed by atoms with Crippen LogP contribution in [0.25, 0.3) is 17.1 Å². The molecule has 1 N–H and O–H groups in total. The van der Waals surface area contributed by atoms with Gasteiger partial charge in [0.2, 0.25) is 0 Å². The quantitative estimate of drug-likeness (QED) is 0.721. The van der Waals surface area contributed by atoms with Crippen molar-refractivity contribution in [2.45, 2.75) is 6.92 Å². The minimum atomic E-state index is -0.254. The molecular formula is C15H12FN3S. The van der Waals surface area contributed by atoms with Gasteiger partial charge in [-0.1, -0.05) is 30.3 Å². The lowest BCUT2D eigenvalue weighted by Gasteiger charge is -2.07. The van der Waals surface area contributed by atoms with E-state index >= 15 is 0 Å². The highest BCUT2D eigenvalue weighted by molar-refractivity contribution is 7.71. The summed E-state index contributed by atoms with van der Waals surface area (Å²) >= 11 is 5.26. The van der Waals surface area contributed by atoms with Gasteiger partial charge in [-0.25, -0.2) is 4.39 Å². The standard InChI is InChI=1S/C15H12FN3S/c1-10-7-8-11(9-13(10)16)14-17-18-15(20)19(14)12-5-3-2-4-6-12/h2-9H,1H3,(H,18,20). The normalized spacial score (nSPS) is 10.7. The van der Waals surface area contributed by atoms with E-state index in [0.29, 0.717) is 21.7 Å². The largest absolute Gasteiger partial charge is 0.268 e. The predicted octanol–water partition coefficient (Wildman–Crippen LogP) is 4.04. The summed E-state index contributed by atoms with van der Waals surface area (Å²) in [6.07, 6.45) is 0. The van der Waals surface area contributed by atoms with E-state index in [9.17, 15) is 4.39 Å². The van der Waals surface area contributed by atoms with E-state index in [1.165, 1.54) is 6.07 Å². The molecule has 1 aromatic heterocycles. The molecule has 0 amide bonds. The number of hydrogen-bond donors (Lipinski definition) is 1. The van der Waals surface area contributed by atoms with Crippen molar-refractivity contribution in [3.63, 3.8) is 0 Å². The Bertz CT molecular complexity index is 805. The van der Waals surface area contributed by atoms with Crippen LogP contribution in [0.1, 0.15) is 5.56 Å². The average Bonchev–Trinajstić information content (AvgIpc) is 2.85. The molecule has 20 heavy (non-hydrogen) atoms. The van der Waals surface area contributed by atoms with E-state index in [-0.39, 0.29) is 5.82 Å². The number of nitrogens with zero attached hydrogens (tertiary/aromatic N) is 2. The van der Waals surface area contributed by atoms with Crippen molar-refractivity contribution in [3.05, 3.63) is 64.7 Å². The number of benzene rings is 2. The van der Waals surface area contributed by atoms with Gasteiger partial charge in [-0.05, 0) is 42.9 Å². The van der Waals surface area contributed by atoms with Crippen LogP contribution in [0.3, 0.4) is 0 Å². The first-order valence-corrected chi connectivity index (χ1v) is 6.57. The zero-order chi connectivity index (χ0) is 14.1. The van der Waals surface area contributed by atoms with Crippen LogP contribution in [0.5, 0.6) is 0 Å². The highest BCUT2D eigenvalue weighted by Gasteiger charge is 2.11. The van der Waals surface area contributed by atoms with Crippen LogP contribution in [-0.2, 0) is 0 Å². The number of rotatable bonds is 2. The maximum Gasteiger partial charge on any atom is 0.200 e. The summed E-state index contributed by atoms with van der Waals surface area (Å²) < 4.78 is 16.0. The summed E-state index contributed by atoms with van der Waals surface area (Å²) in [6, 6.07) is 14.7. The summed E-state index contributed by atoms with van der Waals surface area (Å²) in [7, 11) is 0. The molecule has 5 heteroatoms. The lowest BCUT2D eigenvalue weighted by molar-refractivity contribution is 0.619. The number of halogens is 1. The van der Waals surface area contributed by atoms with Crippen molar-refractivity contribution < 1.29 is 4.39 Å². The molecule has 0 unspecified atom stereocenters. The Kier molecular flexibility index (Phi) is 3.20. The van der Waals surface area contributed by atoms with Crippen molar-refractivity contribution in [2.75, 3.05) is 0 Å². The van der Waals surface area contributed by atoms with Gasteiger partial charge in [-0.3, -0.25) is 9.67 Å². The smallest absolute Gasteiger partial charge is 0.200 e. The fourth-order valence-electron chi connectivity index (χ4n) is 2.04. The topological polar surface area (TPSA) is 33.6 Å². The van der Waals surface area contributed by atoms with E-state index in [4.69, 9.17) is 12.2 Å². The van der Waals surface area contributed by atoms with Crippen molar-refractivity contribution >= 4 is 12.2 Å². The van der Waals surface area contributed by atoms with Gasteiger partial charge in [-0.15, -0.1) is 0 Å². The van der Waals surface area contributed by atoms with Crippen LogP contribution in [-0.4, -0.2) is 14.8 Å². The summed E-state index contributed by atoms with van der Waals surface area (Å²) in [5.74, 6) is 0.344. The van der Waals surface area contributed by atoms with Crippen LogP contribution >= 0.6 is 12.2 Å². The zero-order valence-corrected chi connectivity index (χ0v) is 11.6. The molecule has 0 saturated heterocycles. The number of H-pyrrole nitrogens is 1. The zero-order valence-electron chi connectivity index (χ0n) is 10.8. The van der Waals surface area contributed by atoms with E-state index < -0.39 is 0 Å². The van der Waals surface area contributed by atoms with Crippen LogP contribution in [0, 0.1) is 17.5 Å². The molecule has 0 aliphatic heterocycles. The molecule has 0 aliphatic carbocycles. The van der Waals surface area contributed by atoms with Crippen molar-refractivity contribution in [1.29, 1.82) is 0 Å². The molecule has 3 rings (SSSR count). The van der Waals surface area contributed by atoms with Gasteiger partial charge in [0.05, 0.1) is 0 Å². The highest BCUT2D eigenvalue weighted by Crippen LogP contribution is 2.23. The lowest BCUT2D eigenvalue weighted by Crippen LogP contribution is -1.98. The van der Waals surface area contributed by atoms with Crippen molar-refractivity contribution in [3.8, 4) is 17.1 Å². The van der Waals surface area contributed by atoms with Gasteiger partial charge in [0.25, 0.3) is 0 Å². The van der Waals surface area contributed by atoms with E-state index in [2.05, 4.69) is 10.2 Å². The third-order valence-electron chi connectivity index (χ3n) is 3.12. The van der Waals surface area contributed by atoms with Crippen molar-refractivity contribution in [1.82, 2.24) is 14.8 Å². The molecule has 0 bridgehead atoms. The fraction of sp³-hybridized carbons (Fsp3) is 0.0667. The second kappa shape index (κ2) is 5.02. The molecule has 1 heterocycles. The number of aryl methyl sites for hydroxylation is 1. The van der Waals surface area contributed by atoms with E-state index in [0.717, 1.165) is 5.69 Å². The molecule has 0 spiro atoms. The van der Waals surface area contributed by atoms with Crippen LogP contribution < -0.4 is 0 Å². The molecule has 100 valence electrons. The summed E-state index contributed by atoms with van der Waals surface area (Å²) in [4.78, 5) is 0. The predicted molar refractivity (Wildman–Crippen MR) is 78.9 cm³/mol. The van der Waals surface area contributed by atoms with Crippen LogP contribution in [0.2, 0.25) is 0 Å². The Morgan fingerprint density at radius 2 is 1.90 bits per heavy atom. The Labute approximate surface area is 120 Å². The molecule has 0 radical (unpaired) electrons. The first-order valence-electron chi connectivity index (χ1n) is 6.16. The number of nitrogens with one attached hydrogen (secondary N) is 1. The second-order valence-corrected chi connectivity index (χ2v) is 4.87. The van der Waals surface area contributed by atoms with E-state index in [1.807, 2.05) is 36.4 Å². The van der Waals surface area contributed by atoms with Gasteiger partial charge in [0.1, 0.15) is 5.82 Å². The molecule has 3 nitrogen and oxygen atoms in total. The number of hydrogen-bond acceptors (Lipinski definition) is 2. The average molecular weight is 285 g/mol. The Hall–Kier alpha value is -2.27. The van der Waals surface area contributed by atoms with Gasteiger partial charge in [0, 0.05) is 11.3 Å². The second-order valence-electron chi connectivity index (χ2n) is 4.49. The van der Waals surface area contributed by atoms with E-state index in [1.54, 1.807) is 17.6 Å². The van der Waals surface area contributed by atoms with Crippen molar-refractivity contribution in [2.24, 2.45) is 0 Å². The van der Waals surface area contributed by atoms with Crippen LogP contribution in [0.4, 0.5) is 4.39 Å². The number of aromatic amines is 1. The first-order chi connectivity index (χ1) is 9.66. The van der Waals surface area contributed by atoms with Gasteiger partial charge in [0.15, 0.2) is 10.6 Å². The third-order valence-corrected chi connectivity index (χ3v) is 3.39. The van der Waals surface area contributed by atoms with Gasteiger partial charge in [-0.2, -0.15) is 5.10 Å².